The molecule has 1 amide bonds. The molecular formula is C15H18N4O2. The van der Waals surface area contributed by atoms with Crippen LogP contribution in [-0.4, -0.2) is 21.0 Å². The number of nitrogens with zero attached hydrogens (tertiary/aromatic N) is 2. The van der Waals surface area contributed by atoms with E-state index < -0.39 is 0 Å². The van der Waals surface area contributed by atoms with Crippen LogP contribution in [0.15, 0.2) is 10.9 Å². The molecule has 2 heterocycles. The standard InChI is InChI=1S/C15H18N4O2/c20-14(9-5-6-12-13(7-9)17-8-16-12)18-15-10-3-1-2-4-11(10)19-21-15/h8-9H,1-7H2,(H,16,17)(H,18,20)/t9-/m1/s1. The lowest BCUT2D eigenvalue weighted by Gasteiger charge is -2.20. The molecule has 0 unspecified atom stereocenters. The number of fused-ring (bicyclic) bond motifs is 2. The van der Waals surface area contributed by atoms with E-state index in [1.54, 1.807) is 6.33 Å². The van der Waals surface area contributed by atoms with Gasteiger partial charge in [0, 0.05) is 23.6 Å². The van der Waals surface area contributed by atoms with Crippen molar-refractivity contribution in [2.24, 2.45) is 5.92 Å². The average molecular weight is 286 g/mol. The van der Waals surface area contributed by atoms with Crippen LogP contribution in [0.5, 0.6) is 0 Å². The topological polar surface area (TPSA) is 83.8 Å². The van der Waals surface area contributed by atoms with Crippen molar-refractivity contribution in [1.82, 2.24) is 15.1 Å². The van der Waals surface area contributed by atoms with Crippen LogP contribution >= 0.6 is 0 Å². The molecule has 0 aromatic carbocycles. The molecule has 2 aromatic heterocycles. The van der Waals surface area contributed by atoms with Gasteiger partial charge < -0.3 is 9.51 Å². The molecule has 0 bridgehead atoms. The maximum absolute atomic E-state index is 12.4. The first kappa shape index (κ1) is 12.6. The van der Waals surface area contributed by atoms with E-state index in [2.05, 4.69) is 20.4 Å². The van der Waals surface area contributed by atoms with E-state index in [4.69, 9.17) is 4.52 Å². The molecule has 21 heavy (non-hydrogen) atoms. The molecule has 6 nitrogen and oxygen atoms in total. The van der Waals surface area contributed by atoms with Gasteiger partial charge >= 0.3 is 0 Å². The number of aryl methyl sites for hydroxylation is 2. The van der Waals surface area contributed by atoms with Crippen molar-refractivity contribution >= 4 is 11.8 Å². The van der Waals surface area contributed by atoms with E-state index >= 15 is 0 Å². The fourth-order valence-electron chi connectivity index (χ4n) is 3.33. The van der Waals surface area contributed by atoms with Gasteiger partial charge in [0.05, 0.1) is 17.7 Å². The molecule has 2 aromatic rings. The van der Waals surface area contributed by atoms with Crippen molar-refractivity contribution < 1.29 is 9.32 Å². The third-order valence-corrected chi connectivity index (χ3v) is 4.56. The number of hydrogen-bond donors (Lipinski definition) is 2. The van der Waals surface area contributed by atoms with E-state index in [1.165, 1.54) is 0 Å². The summed E-state index contributed by atoms with van der Waals surface area (Å²) in [6, 6.07) is 0. The maximum Gasteiger partial charge on any atom is 0.234 e. The third-order valence-electron chi connectivity index (χ3n) is 4.56. The Bertz CT molecular complexity index is 673. The van der Waals surface area contributed by atoms with Gasteiger partial charge in [-0.15, -0.1) is 0 Å². The minimum absolute atomic E-state index is 0.0257. The van der Waals surface area contributed by atoms with Gasteiger partial charge in [-0.25, -0.2) is 4.98 Å². The molecular weight excluding hydrogens is 268 g/mol. The molecule has 0 saturated heterocycles. The van der Waals surface area contributed by atoms with Crippen LogP contribution in [0.1, 0.15) is 41.9 Å². The first-order chi connectivity index (χ1) is 10.3. The largest absolute Gasteiger partial charge is 0.348 e. The Labute approximate surface area is 122 Å². The van der Waals surface area contributed by atoms with Crippen molar-refractivity contribution in [2.75, 3.05) is 5.32 Å². The molecule has 6 heteroatoms. The number of amides is 1. The van der Waals surface area contributed by atoms with Gasteiger partial charge in [0.25, 0.3) is 0 Å². The highest BCUT2D eigenvalue weighted by atomic mass is 16.5. The van der Waals surface area contributed by atoms with Crippen LogP contribution < -0.4 is 5.32 Å². The number of aromatic amines is 1. The maximum atomic E-state index is 12.4. The molecule has 0 saturated carbocycles. The number of carbonyl (C=O) groups is 1. The summed E-state index contributed by atoms with van der Waals surface area (Å²) in [5, 5.41) is 7.02. The Kier molecular flexibility index (Phi) is 3.02. The van der Waals surface area contributed by atoms with E-state index in [1.807, 2.05) is 0 Å². The van der Waals surface area contributed by atoms with Gasteiger partial charge in [-0.05, 0) is 38.5 Å². The van der Waals surface area contributed by atoms with Gasteiger partial charge in [-0.3, -0.25) is 10.1 Å². The number of imidazole rings is 1. The normalized spacial score (nSPS) is 20.7. The van der Waals surface area contributed by atoms with Crippen LogP contribution in [0.2, 0.25) is 0 Å². The first-order valence-electron chi connectivity index (χ1n) is 7.60. The Morgan fingerprint density at radius 3 is 3.14 bits per heavy atom. The van der Waals surface area contributed by atoms with Gasteiger partial charge in [0.1, 0.15) is 0 Å². The molecule has 2 N–H and O–H groups in total. The van der Waals surface area contributed by atoms with Gasteiger partial charge in [-0.2, -0.15) is 0 Å². The van der Waals surface area contributed by atoms with Crippen molar-refractivity contribution in [1.29, 1.82) is 0 Å². The molecule has 110 valence electrons. The molecule has 1 atom stereocenters. The van der Waals surface area contributed by atoms with Crippen molar-refractivity contribution in [3.8, 4) is 0 Å². The second kappa shape index (κ2) is 5.02. The van der Waals surface area contributed by atoms with Crippen LogP contribution in [0, 0.1) is 5.92 Å². The van der Waals surface area contributed by atoms with Gasteiger partial charge in [0.2, 0.25) is 11.8 Å². The van der Waals surface area contributed by atoms with Crippen molar-refractivity contribution in [3.63, 3.8) is 0 Å². The highest BCUT2D eigenvalue weighted by Gasteiger charge is 2.28. The summed E-state index contributed by atoms with van der Waals surface area (Å²) in [5.41, 5.74) is 4.28. The summed E-state index contributed by atoms with van der Waals surface area (Å²) >= 11 is 0. The quantitative estimate of drug-likeness (QED) is 0.884. The summed E-state index contributed by atoms with van der Waals surface area (Å²) in [4.78, 5) is 19.8. The lowest BCUT2D eigenvalue weighted by molar-refractivity contribution is -0.120. The van der Waals surface area contributed by atoms with E-state index in [9.17, 15) is 4.79 Å². The third kappa shape index (κ3) is 2.24. The number of anilines is 1. The highest BCUT2D eigenvalue weighted by molar-refractivity contribution is 5.92. The fraction of sp³-hybridized carbons (Fsp3) is 0.533. The average Bonchev–Trinajstić information content (AvgIpc) is 3.13. The van der Waals surface area contributed by atoms with E-state index in [-0.39, 0.29) is 11.8 Å². The Balaban J connectivity index is 1.48. The number of aromatic nitrogens is 3. The summed E-state index contributed by atoms with van der Waals surface area (Å²) in [7, 11) is 0. The second-order valence-electron chi connectivity index (χ2n) is 5.90. The molecule has 4 rings (SSSR count). The number of rotatable bonds is 2. The second-order valence-corrected chi connectivity index (χ2v) is 5.90. The zero-order chi connectivity index (χ0) is 14.2. The lowest BCUT2D eigenvalue weighted by atomic mass is 9.89. The summed E-state index contributed by atoms with van der Waals surface area (Å²) < 4.78 is 5.33. The van der Waals surface area contributed by atoms with E-state index in [0.717, 1.165) is 67.6 Å². The van der Waals surface area contributed by atoms with Crippen molar-refractivity contribution in [2.45, 2.75) is 44.9 Å². The SMILES string of the molecule is O=C(Nc1onc2c1CCCC2)[C@@H]1CCc2nc[nH]c2C1. The monoisotopic (exact) mass is 286 g/mol. The van der Waals surface area contributed by atoms with Gasteiger partial charge in [0.15, 0.2) is 0 Å². The fourth-order valence-corrected chi connectivity index (χ4v) is 3.33. The van der Waals surface area contributed by atoms with E-state index in [0.29, 0.717) is 5.88 Å². The number of carbonyl (C=O) groups excluding carboxylic acids is 1. The highest BCUT2D eigenvalue weighted by Crippen LogP contribution is 2.29. The molecule has 2 aliphatic rings. The summed E-state index contributed by atoms with van der Waals surface area (Å²) in [6.07, 6.45) is 8.30. The zero-order valence-corrected chi connectivity index (χ0v) is 11.8. The molecule has 2 aliphatic carbocycles. The van der Waals surface area contributed by atoms with Crippen LogP contribution in [0.4, 0.5) is 5.88 Å². The zero-order valence-electron chi connectivity index (χ0n) is 11.8. The van der Waals surface area contributed by atoms with Crippen LogP contribution in [0.3, 0.4) is 0 Å². The Morgan fingerprint density at radius 2 is 2.19 bits per heavy atom. The minimum Gasteiger partial charge on any atom is -0.348 e. The molecule has 0 aliphatic heterocycles. The lowest BCUT2D eigenvalue weighted by Crippen LogP contribution is -2.28. The predicted octanol–water partition coefficient (Wildman–Crippen LogP) is 2.02. The summed E-state index contributed by atoms with van der Waals surface area (Å²) in [5.74, 6) is 0.562. The molecule has 0 spiro atoms. The Morgan fingerprint density at radius 1 is 1.29 bits per heavy atom. The first-order valence-corrected chi connectivity index (χ1v) is 7.60. The summed E-state index contributed by atoms with van der Waals surface area (Å²) in [6.45, 7) is 0. The predicted molar refractivity (Wildman–Crippen MR) is 75.9 cm³/mol. The molecule has 0 fully saturated rings. The number of nitrogens with one attached hydrogen (secondary N) is 2. The van der Waals surface area contributed by atoms with Crippen LogP contribution in [0.25, 0.3) is 0 Å². The van der Waals surface area contributed by atoms with Crippen molar-refractivity contribution in [3.05, 3.63) is 29.0 Å². The number of H-pyrrole nitrogens is 1. The minimum atomic E-state index is -0.0257. The Hall–Kier alpha value is -2.11. The molecule has 0 radical (unpaired) electrons. The smallest absolute Gasteiger partial charge is 0.234 e. The van der Waals surface area contributed by atoms with Crippen LogP contribution in [-0.2, 0) is 30.5 Å². The number of hydrogen-bond acceptors (Lipinski definition) is 4. The van der Waals surface area contributed by atoms with Gasteiger partial charge in [-0.1, -0.05) is 5.16 Å².